The van der Waals surface area contributed by atoms with Crippen molar-refractivity contribution in [3.8, 4) is 0 Å². The van der Waals surface area contributed by atoms with Crippen molar-refractivity contribution in [2.45, 2.75) is 6.92 Å². The molecule has 2 aromatic heterocycles. The summed E-state index contributed by atoms with van der Waals surface area (Å²) in [5, 5.41) is 0. The Hall–Kier alpha value is -2.44. The molecule has 0 spiro atoms. The summed E-state index contributed by atoms with van der Waals surface area (Å²) in [7, 11) is 0. The van der Waals surface area contributed by atoms with Gasteiger partial charge in [0, 0.05) is 24.0 Å². The Balaban J connectivity index is 0.000000165. The lowest BCUT2D eigenvalue weighted by atomic mass is 10.5. The highest BCUT2D eigenvalue weighted by Crippen LogP contribution is 1.86. The number of rotatable bonds is 0. The van der Waals surface area contributed by atoms with Gasteiger partial charge in [0.15, 0.2) is 0 Å². The third-order valence-corrected chi connectivity index (χ3v) is 1.48. The molecule has 16 heavy (non-hydrogen) atoms. The number of hydrogen-bond donors (Lipinski definition) is 3. The van der Waals surface area contributed by atoms with Crippen molar-refractivity contribution >= 4 is 5.95 Å². The highest BCUT2D eigenvalue weighted by molar-refractivity contribution is 5.16. The third-order valence-electron chi connectivity index (χ3n) is 1.48. The van der Waals surface area contributed by atoms with Gasteiger partial charge in [0.1, 0.15) is 0 Å². The first kappa shape index (κ1) is 11.6. The van der Waals surface area contributed by atoms with Crippen molar-refractivity contribution in [2.75, 3.05) is 5.73 Å². The van der Waals surface area contributed by atoms with Gasteiger partial charge in [-0.05, 0) is 6.92 Å². The van der Waals surface area contributed by atoms with Crippen LogP contribution in [0.25, 0.3) is 0 Å². The van der Waals surface area contributed by atoms with Gasteiger partial charge >= 0.3 is 0 Å². The molecule has 7 heteroatoms. The van der Waals surface area contributed by atoms with E-state index in [2.05, 4.69) is 19.9 Å². The fourth-order valence-corrected chi connectivity index (χ4v) is 0.905. The van der Waals surface area contributed by atoms with Crippen LogP contribution in [0.5, 0.6) is 0 Å². The predicted octanol–water partition coefficient (Wildman–Crippen LogP) is -0.570. The van der Waals surface area contributed by atoms with Gasteiger partial charge in [-0.15, -0.1) is 0 Å². The number of aryl methyl sites for hydroxylation is 1. The van der Waals surface area contributed by atoms with Gasteiger partial charge in [-0.3, -0.25) is 14.6 Å². The SMILES string of the molecule is Cc1cc(=O)[nH]c(N)n1.O=c1ccnc[nH]1. The van der Waals surface area contributed by atoms with Crippen LogP contribution in [0.15, 0.2) is 34.2 Å². The molecule has 0 bridgehead atoms. The Morgan fingerprint density at radius 3 is 2.44 bits per heavy atom. The van der Waals surface area contributed by atoms with Crippen molar-refractivity contribution in [3.05, 3.63) is 51.1 Å². The molecule has 7 nitrogen and oxygen atoms in total. The molecule has 2 heterocycles. The third kappa shape index (κ3) is 4.18. The van der Waals surface area contributed by atoms with E-state index in [0.29, 0.717) is 5.69 Å². The molecule has 2 rings (SSSR count). The fourth-order valence-electron chi connectivity index (χ4n) is 0.905. The van der Waals surface area contributed by atoms with Gasteiger partial charge in [-0.25, -0.2) is 9.97 Å². The van der Waals surface area contributed by atoms with Crippen molar-refractivity contribution < 1.29 is 0 Å². The first-order chi connectivity index (χ1) is 7.58. The molecule has 4 N–H and O–H groups in total. The first-order valence-corrected chi connectivity index (χ1v) is 4.40. The maximum atomic E-state index is 10.5. The minimum absolute atomic E-state index is 0.116. The Labute approximate surface area is 90.4 Å². The molecule has 0 aromatic carbocycles. The minimum Gasteiger partial charge on any atom is -0.369 e. The summed E-state index contributed by atoms with van der Waals surface area (Å²) >= 11 is 0. The Kier molecular flexibility index (Phi) is 3.96. The Morgan fingerprint density at radius 2 is 2.06 bits per heavy atom. The van der Waals surface area contributed by atoms with E-state index in [1.165, 1.54) is 24.7 Å². The zero-order valence-electron chi connectivity index (χ0n) is 8.60. The molecule has 0 amide bonds. The summed E-state index contributed by atoms with van der Waals surface area (Å²) < 4.78 is 0. The van der Waals surface area contributed by atoms with E-state index >= 15 is 0 Å². The van der Waals surface area contributed by atoms with E-state index in [-0.39, 0.29) is 17.1 Å². The molecule has 0 unspecified atom stereocenters. The van der Waals surface area contributed by atoms with Crippen LogP contribution < -0.4 is 16.9 Å². The second-order valence-corrected chi connectivity index (χ2v) is 2.87. The van der Waals surface area contributed by atoms with Crippen molar-refractivity contribution in [2.24, 2.45) is 0 Å². The molecular formula is C9H11N5O2. The maximum absolute atomic E-state index is 10.5. The molecule has 0 aliphatic rings. The van der Waals surface area contributed by atoms with Crippen LogP contribution in [0.4, 0.5) is 5.95 Å². The van der Waals surface area contributed by atoms with Gasteiger partial charge in [-0.1, -0.05) is 0 Å². The smallest absolute Gasteiger partial charge is 0.252 e. The molecule has 0 saturated carbocycles. The number of anilines is 1. The standard InChI is InChI=1S/C5H7N3O.C4H4N2O/c1-3-2-4(9)8-5(6)7-3;7-4-1-2-5-3-6-4/h2H,1H3,(H3,6,7,8,9);1-3H,(H,5,6,7). The van der Waals surface area contributed by atoms with E-state index in [0.717, 1.165) is 0 Å². The van der Waals surface area contributed by atoms with Gasteiger partial charge < -0.3 is 10.7 Å². The van der Waals surface area contributed by atoms with Crippen LogP contribution >= 0.6 is 0 Å². The van der Waals surface area contributed by atoms with E-state index in [1.807, 2.05) is 0 Å². The number of aromatic amines is 2. The van der Waals surface area contributed by atoms with Crippen LogP contribution in [0.3, 0.4) is 0 Å². The second-order valence-electron chi connectivity index (χ2n) is 2.87. The number of nitrogen functional groups attached to an aromatic ring is 1. The fraction of sp³-hybridized carbons (Fsp3) is 0.111. The number of nitrogens with one attached hydrogen (secondary N) is 2. The van der Waals surface area contributed by atoms with Crippen molar-refractivity contribution in [3.63, 3.8) is 0 Å². The summed E-state index contributed by atoms with van der Waals surface area (Å²) in [5.41, 5.74) is 5.50. The minimum atomic E-state index is -0.208. The average molecular weight is 221 g/mol. The summed E-state index contributed by atoms with van der Waals surface area (Å²) in [5.74, 6) is 0.167. The monoisotopic (exact) mass is 221 g/mol. The highest BCUT2D eigenvalue weighted by atomic mass is 16.1. The lowest BCUT2D eigenvalue weighted by Crippen LogP contribution is -2.09. The molecule has 0 aliphatic carbocycles. The maximum Gasteiger partial charge on any atom is 0.252 e. The normalized spacial score (nSPS) is 9.06. The number of nitrogens with two attached hydrogens (primary N) is 1. The largest absolute Gasteiger partial charge is 0.369 e. The lowest BCUT2D eigenvalue weighted by molar-refractivity contribution is 1.08. The molecular weight excluding hydrogens is 210 g/mol. The quantitative estimate of drug-likeness (QED) is 0.550. The Morgan fingerprint density at radius 1 is 1.31 bits per heavy atom. The van der Waals surface area contributed by atoms with E-state index < -0.39 is 0 Å². The molecule has 0 fully saturated rings. The van der Waals surface area contributed by atoms with Crippen LogP contribution in [0.2, 0.25) is 0 Å². The number of aromatic nitrogens is 4. The summed E-state index contributed by atoms with van der Waals surface area (Å²) in [6.07, 6.45) is 2.79. The van der Waals surface area contributed by atoms with E-state index in [4.69, 9.17) is 5.73 Å². The number of H-pyrrole nitrogens is 2. The Bertz CT molecular complexity index is 519. The van der Waals surface area contributed by atoms with Gasteiger partial charge in [0.25, 0.3) is 11.1 Å². The number of nitrogens with zero attached hydrogens (tertiary/aromatic N) is 2. The summed E-state index contributed by atoms with van der Waals surface area (Å²) in [6, 6.07) is 2.75. The molecule has 0 atom stereocenters. The predicted molar refractivity (Wildman–Crippen MR) is 58.9 cm³/mol. The summed E-state index contributed by atoms with van der Waals surface area (Å²) in [4.78, 5) is 32.7. The van der Waals surface area contributed by atoms with Crippen LogP contribution in [-0.4, -0.2) is 19.9 Å². The van der Waals surface area contributed by atoms with Crippen LogP contribution in [0, 0.1) is 6.92 Å². The zero-order chi connectivity index (χ0) is 12.0. The topological polar surface area (TPSA) is 118 Å². The molecule has 0 aliphatic heterocycles. The first-order valence-electron chi connectivity index (χ1n) is 4.40. The highest BCUT2D eigenvalue weighted by Gasteiger charge is 1.89. The molecule has 2 aromatic rings. The summed E-state index contributed by atoms with van der Waals surface area (Å²) in [6.45, 7) is 1.71. The van der Waals surface area contributed by atoms with Gasteiger partial charge in [0.2, 0.25) is 5.95 Å². The van der Waals surface area contributed by atoms with E-state index in [9.17, 15) is 9.59 Å². The average Bonchev–Trinajstić information content (AvgIpc) is 2.17. The van der Waals surface area contributed by atoms with Crippen LogP contribution in [-0.2, 0) is 0 Å². The van der Waals surface area contributed by atoms with Crippen molar-refractivity contribution in [1.29, 1.82) is 0 Å². The van der Waals surface area contributed by atoms with Crippen LogP contribution in [0.1, 0.15) is 5.69 Å². The van der Waals surface area contributed by atoms with Crippen molar-refractivity contribution in [1.82, 2.24) is 19.9 Å². The second kappa shape index (κ2) is 5.44. The lowest BCUT2D eigenvalue weighted by Gasteiger charge is -1.90. The molecule has 0 saturated heterocycles. The van der Waals surface area contributed by atoms with Gasteiger partial charge in [-0.2, -0.15) is 0 Å². The number of hydrogen-bond acceptors (Lipinski definition) is 5. The zero-order valence-corrected chi connectivity index (χ0v) is 8.60. The molecule has 84 valence electrons. The van der Waals surface area contributed by atoms with Gasteiger partial charge in [0.05, 0.1) is 6.33 Å². The molecule has 0 radical (unpaired) electrons. The van der Waals surface area contributed by atoms with E-state index in [1.54, 1.807) is 6.92 Å².